The van der Waals surface area contributed by atoms with Crippen molar-refractivity contribution < 1.29 is 14.0 Å². The molecule has 5 heteroatoms. The van der Waals surface area contributed by atoms with Gasteiger partial charge in [-0.2, -0.15) is 0 Å². The average Bonchev–Trinajstić information content (AvgIpc) is 3.45. The third kappa shape index (κ3) is 3.30. The molecule has 0 saturated heterocycles. The van der Waals surface area contributed by atoms with Gasteiger partial charge in [-0.3, -0.25) is 9.59 Å². The maximum absolute atomic E-state index is 13.5. The Morgan fingerprint density at radius 3 is 2.67 bits per heavy atom. The Bertz CT molecular complexity index is 1090. The summed E-state index contributed by atoms with van der Waals surface area (Å²) in [4.78, 5) is 28.9. The van der Waals surface area contributed by atoms with Gasteiger partial charge in [-0.25, -0.2) is 0 Å². The van der Waals surface area contributed by atoms with E-state index in [1.807, 2.05) is 60.4 Å². The second kappa shape index (κ2) is 7.48. The zero-order valence-electron chi connectivity index (χ0n) is 16.9. The molecule has 1 N–H and O–H groups in total. The van der Waals surface area contributed by atoms with Crippen LogP contribution in [0.2, 0.25) is 0 Å². The van der Waals surface area contributed by atoms with Crippen LogP contribution in [0.4, 0.5) is 0 Å². The van der Waals surface area contributed by atoms with Crippen molar-refractivity contribution >= 4 is 11.8 Å². The molecule has 2 amide bonds. The van der Waals surface area contributed by atoms with E-state index in [0.29, 0.717) is 17.9 Å². The minimum atomic E-state index is -0.476. The maximum atomic E-state index is 13.5. The monoisotopic (exact) mass is 400 g/mol. The fraction of sp³-hybridized carbons (Fsp3) is 0.280. The number of nitrogens with zero attached hydrogens (tertiary/aromatic N) is 1. The lowest BCUT2D eigenvalue weighted by molar-refractivity contribution is -0.124. The summed E-state index contributed by atoms with van der Waals surface area (Å²) < 4.78 is 5.38. The van der Waals surface area contributed by atoms with Crippen molar-refractivity contribution in [2.45, 2.75) is 44.3 Å². The van der Waals surface area contributed by atoms with Gasteiger partial charge in [-0.1, -0.05) is 48.0 Å². The molecule has 1 aliphatic heterocycles. The molecule has 2 atom stereocenters. The van der Waals surface area contributed by atoms with Gasteiger partial charge < -0.3 is 14.6 Å². The molecule has 0 radical (unpaired) electrons. The Balaban J connectivity index is 1.59. The third-order valence-electron chi connectivity index (χ3n) is 6.00. The van der Waals surface area contributed by atoms with Gasteiger partial charge in [-0.15, -0.1) is 0 Å². The van der Waals surface area contributed by atoms with Gasteiger partial charge in [0.1, 0.15) is 5.76 Å². The Hall–Kier alpha value is -3.34. The number of amides is 2. The second-order valence-electron chi connectivity index (χ2n) is 8.16. The molecule has 0 spiro atoms. The van der Waals surface area contributed by atoms with Gasteiger partial charge >= 0.3 is 0 Å². The van der Waals surface area contributed by atoms with Gasteiger partial charge in [0.2, 0.25) is 5.91 Å². The molecule has 1 aliphatic carbocycles. The summed E-state index contributed by atoms with van der Waals surface area (Å²) in [5.41, 5.74) is 3.54. The predicted molar refractivity (Wildman–Crippen MR) is 113 cm³/mol. The SMILES string of the molecule is Cc1cccc([C@@H]2[C@H](C(=O)NCc3ccco3)c3ccccc3C(=O)N2C2CC2)c1. The number of benzene rings is 2. The van der Waals surface area contributed by atoms with Gasteiger partial charge in [0, 0.05) is 11.6 Å². The molecule has 1 saturated carbocycles. The fourth-order valence-electron chi connectivity index (χ4n) is 4.49. The van der Waals surface area contributed by atoms with E-state index >= 15 is 0 Å². The first kappa shape index (κ1) is 18.7. The maximum Gasteiger partial charge on any atom is 0.254 e. The number of rotatable bonds is 5. The molecule has 3 aromatic rings. The Labute approximate surface area is 175 Å². The smallest absolute Gasteiger partial charge is 0.254 e. The van der Waals surface area contributed by atoms with Crippen LogP contribution in [0, 0.1) is 6.92 Å². The third-order valence-corrected chi connectivity index (χ3v) is 6.00. The number of nitrogens with one attached hydrogen (secondary N) is 1. The molecule has 152 valence electrons. The normalized spacial score (nSPS) is 20.7. The lowest BCUT2D eigenvalue weighted by Crippen LogP contribution is -2.48. The van der Waals surface area contributed by atoms with E-state index in [1.54, 1.807) is 12.3 Å². The summed E-state index contributed by atoms with van der Waals surface area (Å²) in [5, 5.41) is 3.03. The Morgan fingerprint density at radius 1 is 1.10 bits per heavy atom. The first-order valence-corrected chi connectivity index (χ1v) is 10.4. The summed E-state index contributed by atoms with van der Waals surface area (Å²) in [7, 11) is 0. The lowest BCUT2D eigenvalue weighted by atomic mass is 9.78. The van der Waals surface area contributed by atoms with Crippen LogP contribution in [0.25, 0.3) is 0 Å². The highest BCUT2D eigenvalue weighted by Crippen LogP contribution is 2.47. The number of hydrogen-bond acceptors (Lipinski definition) is 3. The van der Waals surface area contributed by atoms with E-state index in [2.05, 4.69) is 11.4 Å². The van der Waals surface area contributed by atoms with Crippen molar-refractivity contribution in [1.82, 2.24) is 10.2 Å². The van der Waals surface area contributed by atoms with Crippen LogP contribution in [-0.4, -0.2) is 22.8 Å². The molecule has 2 aliphatic rings. The zero-order chi connectivity index (χ0) is 20.7. The average molecular weight is 400 g/mol. The highest BCUT2D eigenvalue weighted by Gasteiger charge is 2.48. The molecule has 5 rings (SSSR count). The van der Waals surface area contributed by atoms with E-state index in [1.165, 1.54) is 0 Å². The predicted octanol–water partition coefficient (Wildman–Crippen LogP) is 4.35. The van der Waals surface area contributed by atoms with Crippen molar-refractivity contribution in [3.05, 3.63) is 94.9 Å². The molecule has 30 heavy (non-hydrogen) atoms. The van der Waals surface area contributed by atoms with Crippen LogP contribution < -0.4 is 5.32 Å². The van der Waals surface area contributed by atoms with Crippen molar-refractivity contribution in [3.8, 4) is 0 Å². The van der Waals surface area contributed by atoms with Crippen LogP contribution in [0.3, 0.4) is 0 Å². The number of fused-ring (bicyclic) bond motifs is 1. The standard InChI is InChI=1S/C25H24N2O3/c1-16-6-4-7-17(14-16)23-22(24(28)26-15-19-8-5-13-30-19)20-9-2-3-10-21(20)25(29)27(23)18-11-12-18/h2-10,13-14,18,22-23H,11-12,15H2,1H3,(H,26,28)/t22-,23-/m1/s1. The fourth-order valence-corrected chi connectivity index (χ4v) is 4.49. The van der Waals surface area contributed by atoms with Crippen LogP contribution >= 0.6 is 0 Å². The summed E-state index contributed by atoms with van der Waals surface area (Å²) >= 11 is 0. The largest absolute Gasteiger partial charge is 0.467 e. The molecule has 5 nitrogen and oxygen atoms in total. The van der Waals surface area contributed by atoms with Gasteiger partial charge in [0.05, 0.1) is 24.8 Å². The highest BCUT2D eigenvalue weighted by atomic mass is 16.3. The molecule has 2 aromatic carbocycles. The first-order chi connectivity index (χ1) is 14.6. The van der Waals surface area contributed by atoms with Crippen LogP contribution in [-0.2, 0) is 11.3 Å². The zero-order valence-corrected chi connectivity index (χ0v) is 16.9. The van der Waals surface area contributed by atoms with Crippen molar-refractivity contribution in [2.24, 2.45) is 0 Å². The molecule has 0 bridgehead atoms. The van der Waals surface area contributed by atoms with E-state index in [9.17, 15) is 9.59 Å². The Morgan fingerprint density at radius 2 is 1.93 bits per heavy atom. The topological polar surface area (TPSA) is 62.6 Å². The van der Waals surface area contributed by atoms with E-state index in [4.69, 9.17) is 4.42 Å². The van der Waals surface area contributed by atoms with Gasteiger partial charge in [0.25, 0.3) is 5.91 Å². The summed E-state index contributed by atoms with van der Waals surface area (Å²) in [6.07, 6.45) is 3.56. The molecule has 0 unspecified atom stereocenters. The summed E-state index contributed by atoms with van der Waals surface area (Å²) in [5.74, 6) is 0.157. The minimum Gasteiger partial charge on any atom is -0.467 e. The number of aryl methyl sites for hydroxylation is 1. The molecule has 1 fully saturated rings. The van der Waals surface area contributed by atoms with Crippen LogP contribution in [0.1, 0.15) is 57.6 Å². The number of carbonyl (C=O) groups excluding carboxylic acids is 2. The Kier molecular flexibility index (Phi) is 4.66. The summed E-state index contributed by atoms with van der Waals surface area (Å²) in [6, 6.07) is 19.2. The van der Waals surface area contributed by atoms with E-state index < -0.39 is 5.92 Å². The molecule has 1 aromatic heterocycles. The highest BCUT2D eigenvalue weighted by molar-refractivity contribution is 6.01. The number of hydrogen-bond donors (Lipinski definition) is 1. The number of carbonyl (C=O) groups is 2. The first-order valence-electron chi connectivity index (χ1n) is 10.4. The van der Waals surface area contributed by atoms with E-state index in [0.717, 1.165) is 29.5 Å². The van der Waals surface area contributed by atoms with Crippen LogP contribution in [0.15, 0.2) is 71.3 Å². The van der Waals surface area contributed by atoms with Crippen LogP contribution in [0.5, 0.6) is 0 Å². The van der Waals surface area contributed by atoms with Gasteiger partial charge in [-0.05, 0) is 49.1 Å². The van der Waals surface area contributed by atoms with Crippen molar-refractivity contribution in [2.75, 3.05) is 0 Å². The molecule has 2 heterocycles. The van der Waals surface area contributed by atoms with Crippen molar-refractivity contribution in [1.29, 1.82) is 0 Å². The summed E-state index contributed by atoms with van der Waals surface area (Å²) in [6.45, 7) is 2.36. The lowest BCUT2D eigenvalue weighted by Gasteiger charge is -2.42. The molecular weight excluding hydrogens is 376 g/mol. The molecular formula is C25H24N2O3. The van der Waals surface area contributed by atoms with Gasteiger partial charge in [0.15, 0.2) is 0 Å². The second-order valence-corrected chi connectivity index (χ2v) is 8.16. The number of furan rings is 1. The quantitative estimate of drug-likeness (QED) is 0.693. The van der Waals surface area contributed by atoms with Crippen molar-refractivity contribution in [3.63, 3.8) is 0 Å². The minimum absolute atomic E-state index is 0.0229. The van der Waals surface area contributed by atoms with E-state index in [-0.39, 0.29) is 23.9 Å².